The second-order valence-electron chi connectivity index (χ2n) is 7.00. The Hall–Kier alpha value is -3.53. The zero-order chi connectivity index (χ0) is 22.4. The van der Waals surface area contributed by atoms with Crippen LogP contribution in [0.4, 0.5) is 0 Å². The van der Waals surface area contributed by atoms with Crippen molar-refractivity contribution in [2.75, 3.05) is 14.2 Å². The van der Waals surface area contributed by atoms with E-state index in [1.165, 1.54) is 18.7 Å². The van der Waals surface area contributed by atoms with Crippen LogP contribution in [-0.2, 0) is 23.1 Å². The summed E-state index contributed by atoms with van der Waals surface area (Å²) in [6.07, 6.45) is 1.65. The fourth-order valence-electron chi connectivity index (χ4n) is 3.65. The van der Waals surface area contributed by atoms with E-state index in [9.17, 15) is 14.4 Å². The van der Waals surface area contributed by atoms with E-state index in [0.29, 0.717) is 22.2 Å². The van der Waals surface area contributed by atoms with E-state index in [1.807, 2.05) is 6.92 Å². The van der Waals surface area contributed by atoms with E-state index < -0.39 is 17.2 Å². The van der Waals surface area contributed by atoms with Crippen molar-refractivity contribution in [2.24, 2.45) is 7.05 Å². The second-order valence-corrected chi connectivity index (χ2v) is 7.44. The third-order valence-electron chi connectivity index (χ3n) is 5.17. The van der Waals surface area contributed by atoms with Crippen molar-refractivity contribution in [3.63, 3.8) is 0 Å². The molecule has 0 unspecified atom stereocenters. The highest BCUT2D eigenvalue weighted by Gasteiger charge is 2.22. The van der Waals surface area contributed by atoms with Gasteiger partial charge in [-0.15, -0.1) is 0 Å². The standard InChI is InChI=1S/C20H20ClN5O5/c1-11-10-25-16-17(23(2)20(29)24(18(16)28)8-7-15(27)31-4)22-19(25)26(11)13-9-12(21)5-6-14(13)30-3/h5-6,9-10H,7-8H2,1-4H3. The summed E-state index contributed by atoms with van der Waals surface area (Å²) in [6, 6.07) is 5.19. The molecule has 3 aromatic heterocycles. The zero-order valence-corrected chi connectivity index (χ0v) is 18.1. The van der Waals surface area contributed by atoms with Gasteiger partial charge in [0.1, 0.15) is 5.75 Å². The molecule has 0 spiro atoms. The van der Waals surface area contributed by atoms with E-state index in [-0.39, 0.29) is 24.1 Å². The molecule has 0 amide bonds. The maximum atomic E-state index is 13.2. The predicted molar refractivity (Wildman–Crippen MR) is 114 cm³/mol. The van der Waals surface area contributed by atoms with Gasteiger partial charge in [0.05, 0.1) is 26.3 Å². The normalized spacial score (nSPS) is 11.4. The van der Waals surface area contributed by atoms with Crippen molar-refractivity contribution >= 4 is 34.5 Å². The lowest BCUT2D eigenvalue weighted by molar-refractivity contribution is -0.140. The molecule has 0 aliphatic rings. The molecule has 4 aromatic rings. The lowest BCUT2D eigenvalue weighted by Crippen LogP contribution is -2.39. The van der Waals surface area contributed by atoms with Crippen LogP contribution in [0, 0.1) is 6.92 Å². The van der Waals surface area contributed by atoms with Crippen LogP contribution in [0.25, 0.3) is 22.6 Å². The molecule has 11 heteroatoms. The van der Waals surface area contributed by atoms with Gasteiger partial charge in [-0.1, -0.05) is 11.6 Å². The van der Waals surface area contributed by atoms with Gasteiger partial charge in [0, 0.05) is 30.5 Å². The zero-order valence-electron chi connectivity index (χ0n) is 17.4. The molecule has 1 aromatic carbocycles. The van der Waals surface area contributed by atoms with Crippen LogP contribution in [0.5, 0.6) is 5.75 Å². The number of esters is 1. The first kappa shape index (κ1) is 20.7. The number of ether oxygens (including phenoxy) is 2. The van der Waals surface area contributed by atoms with Crippen molar-refractivity contribution < 1.29 is 14.3 Å². The maximum absolute atomic E-state index is 13.2. The molecule has 3 heterocycles. The summed E-state index contributed by atoms with van der Waals surface area (Å²) >= 11 is 6.20. The number of aryl methyl sites for hydroxylation is 2. The van der Waals surface area contributed by atoms with E-state index in [1.54, 1.807) is 40.5 Å². The summed E-state index contributed by atoms with van der Waals surface area (Å²) in [5.41, 5.74) is 0.780. The molecular formula is C20H20ClN5O5. The van der Waals surface area contributed by atoms with E-state index >= 15 is 0 Å². The Morgan fingerprint density at radius 3 is 2.65 bits per heavy atom. The number of halogens is 1. The molecule has 0 aliphatic carbocycles. The van der Waals surface area contributed by atoms with E-state index in [2.05, 4.69) is 9.72 Å². The van der Waals surface area contributed by atoms with Gasteiger partial charge < -0.3 is 9.47 Å². The van der Waals surface area contributed by atoms with Crippen molar-refractivity contribution in [1.82, 2.24) is 23.1 Å². The first-order valence-electron chi connectivity index (χ1n) is 9.39. The lowest BCUT2D eigenvalue weighted by atomic mass is 10.3. The number of hydrogen-bond donors (Lipinski definition) is 0. The third-order valence-corrected chi connectivity index (χ3v) is 5.41. The highest BCUT2D eigenvalue weighted by atomic mass is 35.5. The SMILES string of the molecule is COC(=O)CCn1c(=O)c2c(nc3n(-c4cc(Cl)ccc4OC)c(C)cn23)n(C)c1=O. The number of fused-ring (bicyclic) bond motifs is 3. The number of methoxy groups -OCH3 is 2. The van der Waals surface area contributed by atoms with Crippen LogP contribution in [0.15, 0.2) is 34.0 Å². The number of aromatic nitrogens is 5. The molecular weight excluding hydrogens is 426 g/mol. The molecule has 4 rings (SSSR count). The van der Waals surface area contributed by atoms with E-state index in [4.69, 9.17) is 16.3 Å². The minimum atomic E-state index is -0.564. The summed E-state index contributed by atoms with van der Waals surface area (Å²) in [7, 11) is 4.33. The van der Waals surface area contributed by atoms with Gasteiger partial charge in [-0.2, -0.15) is 4.98 Å². The Labute approximate surface area is 180 Å². The fourth-order valence-corrected chi connectivity index (χ4v) is 3.81. The van der Waals surface area contributed by atoms with Crippen molar-refractivity contribution in [2.45, 2.75) is 19.9 Å². The summed E-state index contributed by atoms with van der Waals surface area (Å²) < 4.78 is 15.8. The minimum Gasteiger partial charge on any atom is -0.495 e. The monoisotopic (exact) mass is 445 g/mol. The number of carbonyl (C=O) groups is 1. The first-order chi connectivity index (χ1) is 14.8. The molecule has 0 aliphatic heterocycles. The lowest BCUT2D eigenvalue weighted by Gasteiger charge is -2.11. The van der Waals surface area contributed by atoms with Crippen LogP contribution >= 0.6 is 11.6 Å². The van der Waals surface area contributed by atoms with Crippen LogP contribution in [-0.4, -0.2) is 43.3 Å². The van der Waals surface area contributed by atoms with Crippen LogP contribution in [0.2, 0.25) is 5.02 Å². The van der Waals surface area contributed by atoms with Gasteiger partial charge in [-0.25, -0.2) is 4.79 Å². The number of benzene rings is 1. The molecule has 0 N–H and O–H groups in total. The maximum Gasteiger partial charge on any atom is 0.332 e. The van der Waals surface area contributed by atoms with Crippen molar-refractivity contribution in [3.05, 3.63) is 56.0 Å². The number of nitrogens with zero attached hydrogens (tertiary/aromatic N) is 5. The number of carbonyl (C=O) groups excluding carboxylic acids is 1. The molecule has 0 bridgehead atoms. The average Bonchev–Trinajstić information content (AvgIpc) is 3.26. The van der Waals surface area contributed by atoms with Gasteiger partial charge in [0.2, 0.25) is 5.78 Å². The Bertz CT molecular complexity index is 1460. The van der Waals surface area contributed by atoms with Crippen LogP contribution in [0.1, 0.15) is 12.1 Å². The predicted octanol–water partition coefficient (Wildman–Crippen LogP) is 1.67. The third kappa shape index (κ3) is 3.19. The molecule has 0 radical (unpaired) electrons. The number of imidazole rings is 2. The molecule has 0 saturated heterocycles. The number of hydrogen-bond acceptors (Lipinski definition) is 6. The van der Waals surface area contributed by atoms with Crippen molar-refractivity contribution in [1.29, 1.82) is 0 Å². The highest BCUT2D eigenvalue weighted by molar-refractivity contribution is 6.30. The summed E-state index contributed by atoms with van der Waals surface area (Å²) in [5.74, 6) is 0.482. The average molecular weight is 446 g/mol. The Balaban J connectivity index is 2.03. The molecule has 0 atom stereocenters. The van der Waals surface area contributed by atoms with Crippen LogP contribution in [0.3, 0.4) is 0 Å². The molecule has 162 valence electrons. The minimum absolute atomic E-state index is 0.0941. The largest absolute Gasteiger partial charge is 0.495 e. The summed E-state index contributed by atoms with van der Waals surface area (Å²) in [5, 5.41) is 0.510. The fraction of sp³-hybridized carbons (Fsp3) is 0.300. The Morgan fingerprint density at radius 1 is 1.23 bits per heavy atom. The van der Waals surface area contributed by atoms with Gasteiger partial charge in [-0.05, 0) is 25.1 Å². The highest BCUT2D eigenvalue weighted by Crippen LogP contribution is 2.30. The first-order valence-corrected chi connectivity index (χ1v) is 9.77. The smallest absolute Gasteiger partial charge is 0.332 e. The van der Waals surface area contributed by atoms with Gasteiger partial charge in [0.25, 0.3) is 5.56 Å². The number of rotatable bonds is 5. The van der Waals surface area contributed by atoms with E-state index in [0.717, 1.165) is 10.3 Å². The van der Waals surface area contributed by atoms with Crippen LogP contribution < -0.4 is 16.0 Å². The Kier molecular flexibility index (Phi) is 5.10. The molecule has 0 fully saturated rings. The summed E-state index contributed by atoms with van der Waals surface area (Å²) in [4.78, 5) is 42.0. The van der Waals surface area contributed by atoms with Gasteiger partial charge in [-0.3, -0.25) is 27.7 Å². The van der Waals surface area contributed by atoms with Crippen molar-refractivity contribution in [3.8, 4) is 11.4 Å². The van der Waals surface area contributed by atoms with Gasteiger partial charge in [0.15, 0.2) is 11.2 Å². The Morgan fingerprint density at radius 2 is 1.97 bits per heavy atom. The summed E-state index contributed by atoms with van der Waals surface area (Å²) in [6.45, 7) is 1.77. The molecule has 31 heavy (non-hydrogen) atoms. The molecule has 10 nitrogen and oxygen atoms in total. The quantitative estimate of drug-likeness (QED) is 0.433. The second kappa shape index (κ2) is 7.62. The topological polar surface area (TPSA) is 102 Å². The van der Waals surface area contributed by atoms with Gasteiger partial charge >= 0.3 is 11.7 Å². The molecule has 0 saturated carbocycles.